The summed E-state index contributed by atoms with van der Waals surface area (Å²) in [6.45, 7) is 0.749. The standard InChI is InChI=1S/C18H22F2N2O2/c1-24-16-4-2-3-12(7-16)10-22-11-18(23)17(21)8-13-5-14(19)9-15(20)6-13/h2-7,9,17-18,22-23H,8,10-11,21H2,1H3/i/hT. The van der Waals surface area contributed by atoms with Crippen LogP contribution >= 0.6 is 0 Å². The highest BCUT2D eigenvalue weighted by atomic mass is 19.1. The maximum absolute atomic E-state index is 13.2. The van der Waals surface area contributed by atoms with E-state index in [9.17, 15) is 13.9 Å². The van der Waals surface area contributed by atoms with Crippen LogP contribution in [0.3, 0.4) is 0 Å². The van der Waals surface area contributed by atoms with Gasteiger partial charge in [0.15, 0.2) is 0 Å². The summed E-state index contributed by atoms with van der Waals surface area (Å²) in [4.78, 5) is 0. The molecule has 130 valence electrons. The van der Waals surface area contributed by atoms with Crippen molar-refractivity contribution in [3.8, 4) is 5.75 Å². The lowest BCUT2D eigenvalue weighted by atomic mass is 10.0. The molecule has 4 nitrogen and oxygen atoms in total. The van der Waals surface area contributed by atoms with Gasteiger partial charge in [-0.05, 0) is 41.8 Å². The Morgan fingerprint density at radius 3 is 2.62 bits per heavy atom. The molecule has 0 saturated heterocycles. The van der Waals surface area contributed by atoms with E-state index in [-0.39, 0.29) is 13.0 Å². The number of nitrogens with one attached hydrogen (secondary N) is 1. The van der Waals surface area contributed by atoms with Crippen molar-refractivity contribution >= 4 is 0 Å². The second-order valence-corrected chi connectivity index (χ2v) is 5.64. The minimum atomic E-state index is -0.894. The Bertz CT molecular complexity index is 668. The molecule has 0 aliphatic carbocycles. The maximum atomic E-state index is 13.2. The molecule has 0 aromatic heterocycles. The Morgan fingerprint density at radius 2 is 1.96 bits per heavy atom. The Labute approximate surface area is 141 Å². The first-order valence-electron chi connectivity index (χ1n) is 8.15. The lowest BCUT2D eigenvalue weighted by Crippen LogP contribution is -2.43. The fraction of sp³-hybridized carbons (Fsp3) is 0.333. The third-order valence-corrected chi connectivity index (χ3v) is 3.66. The summed E-state index contributed by atoms with van der Waals surface area (Å²) in [6.07, 6.45) is -0.755. The number of ether oxygens (including phenoxy) is 1. The van der Waals surface area contributed by atoms with Crippen LogP contribution in [0.5, 0.6) is 5.75 Å². The molecule has 0 radical (unpaired) electrons. The topological polar surface area (TPSA) is 67.5 Å². The summed E-state index contributed by atoms with van der Waals surface area (Å²) < 4.78 is 39.0. The predicted octanol–water partition coefficient (Wildman–Crippen LogP) is 1.99. The summed E-state index contributed by atoms with van der Waals surface area (Å²) >= 11 is 0. The number of aliphatic hydroxyl groups excluding tert-OH is 1. The Balaban J connectivity index is 1.87. The molecule has 0 amide bonds. The molecule has 0 bridgehead atoms. The van der Waals surface area contributed by atoms with Gasteiger partial charge in [-0.1, -0.05) is 12.1 Å². The largest absolute Gasteiger partial charge is 0.497 e. The van der Waals surface area contributed by atoms with Gasteiger partial charge >= 0.3 is 0 Å². The molecule has 0 heterocycles. The Kier molecular flexibility index (Phi) is 6.12. The third-order valence-electron chi connectivity index (χ3n) is 3.66. The maximum Gasteiger partial charge on any atom is 0.126 e. The minimum Gasteiger partial charge on any atom is -0.497 e. The lowest BCUT2D eigenvalue weighted by Gasteiger charge is -2.19. The van der Waals surface area contributed by atoms with Crippen LogP contribution in [0.2, 0.25) is 1.41 Å². The molecular formula is C18H22F2N2O2. The van der Waals surface area contributed by atoms with Gasteiger partial charge in [0.05, 0.1) is 13.2 Å². The first-order chi connectivity index (χ1) is 12.0. The first kappa shape index (κ1) is 16.8. The molecular weight excluding hydrogens is 314 g/mol. The van der Waals surface area contributed by atoms with Crippen LogP contribution in [0.15, 0.2) is 42.5 Å². The average molecular weight is 338 g/mol. The number of rotatable bonds is 9. The summed E-state index contributed by atoms with van der Waals surface area (Å²) in [6, 6.07) is 10.1. The molecule has 0 saturated carbocycles. The highest BCUT2D eigenvalue weighted by Gasteiger charge is 2.16. The van der Waals surface area contributed by atoms with Crippen LogP contribution in [-0.4, -0.2) is 30.9 Å². The van der Waals surface area contributed by atoms with E-state index in [1.54, 1.807) is 7.11 Å². The zero-order valence-corrected chi connectivity index (χ0v) is 13.4. The van der Waals surface area contributed by atoms with Crippen LogP contribution in [0, 0.1) is 11.6 Å². The van der Waals surface area contributed by atoms with Crippen molar-refractivity contribution in [1.29, 1.82) is 0 Å². The minimum absolute atomic E-state index is 0.139. The molecule has 2 unspecified atom stereocenters. The van der Waals surface area contributed by atoms with Crippen molar-refractivity contribution in [2.45, 2.75) is 25.1 Å². The lowest BCUT2D eigenvalue weighted by molar-refractivity contribution is 0.141. The molecule has 2 atom stereocenters. The fourth-order valence-corrected chi connectivity index (χ4v) is 2.41. The van der Waals surface area contributed by atoms with E-state index in [1.165, 1.54) is 12.1 Å². The third kappa shape index (κ3) is 5.56. The first-order valence-corrected chi connectivity index (χ1v) is 7.65. The molecule has 0 aliphatic rings. The SMILES string of the molecule is [3H]NC(Cc1cc(F)cc(F)c1)C(O)CNCc1cccc(OC)c1. The van der Waals surface area contributed by atoms with Gasteiger partial charge in [0.25, 0.3) is 0 Å². The van der Waals surface area contributed by atoms with Crippen LogP contribution in [0.1, 0.15) is 11.1 Å². The molecule has 24 heavy (non-hydrogen) atoms. The second-order valence-electron chi connectivity index (χ2n) is 5.64. The van der Waals surface area contributed by atoms with Crippen molar-refractivity contribution < 1.29 is 20.0 Å². The number of benzene rings is 2. The van der Waals surface area contributed by atoms with E-state index in [1.807, 2.05) is 24.3 Å². The van der Waals surface area contributed by atoms with Gasteiger partial charge in [-0.3, -0.25) is 0 Å². The van der Waals surface area contributed by atoms with Gasteiger partial charge in [-0.15, -0.1) is 0 Å². The summed E-state index contributed by atoms with van der Waals surface area (Å²) in [5, 5.41) is 13.3. The highest BCUT2D eigenvalue weighted by Crippen LogP contribution is 2.13. The average Bonchev–Trinajstić information content (AvgIpc) is 2.59. The van der Waals surface area contributed by atoms with Gasteiger partial charge in [-0.2, -0.15) is 0 Å². The van der Waals surface area contributed by atoms with Gasteiger partial charge in [0.1, 0.15) is 18.8 Å². The molecule has 0 fully saturated rings. The van der Waals surface area contributed by atoms with E-state index in [0.29, 0.717) is 12.1 Å². The zero-order chi connectivity index (χ0) is 18.2. The Hall–Kier alpha value is -2.02. The van der Waals surface area contributed by atoms with Crippen molar-refractivity contribution in [2.75, 3.05) is 13.7 Å². The van der Waals surface area contributed by atoms with Crippen LogP contribution < -0.4 is 15.8 Å². The van der Waals surface area contributed by atoms with Crippen molar-refractivity contribution in [1.82, 2.24) is 5.32 Å². The number of nitrogens with two attached hydrogens (primary N) is 1. The summed E-state index contributed by atoms with van der Waals surface area (Å²) in [5.74, 6) is -0.604. The quantitative estimate of drug-likeness (QED) is 0.654. The van der Waals surface area contributed by atoms with Crippen LogP contribution in [0.4, 0.5) is 8.78 Å². The fourth-order valence-electron chi connectivity index (χ4n) is 2.41. The number of halogens is 2. The molecule has 6 heteroatoms. The predicted molar refractivity (Wildman–Crippen MR) is 88.7 cm³/mol. The molecule has 4 N–H and O–H groups in total. The van der Waals surface area contributed by atoms with E-state index >= 15 is 0 Å². The van der Waals surface area contributed by atoms with Gasteiger partial charge < -0.3 is 20.9 Å². The number of hydrogen-bond acceptors (Lipinski definition) is 4. The Morgan fingerprint density at radius 1 is 1.21 bits per heavy atom. The van der Waals surface area contributed by atoms with Crippen LogP contribution in [-0.2, 0) is 13.0 Å². The van der Waals surface area contributed by atoms with Crippen molar-refractivity contribution in [2.24, 2.45) is 5.73 Å². The zero-order valence-electron chi connectivity index (χ0n) is 14.4. The van der Waals surface area contributed by atoms with Crippen molar-refractivity contribution in [3.05, 3.63) is 65.2 Å². The smallest absolute Gasteiger partial charge is 0.126 e. The molecule has 0 spiro atoms. The summed E-state index contributed by atoms with van der Waals surface area (Å²) in [5.41, 5.74) is 3.63. The molecule has 2 rings (SSSR count). The van der Waals surface area contributed by atoms with E-state index < -0.39 is 23.8 Å². The monoisotopic (exact) mass is 338 g/mol. The van der Waals surface area contributed by atoms with Gasteiger partial charge in [0, 0.05) is 25.2 Å². The van der Waals surface area contributed by atoms with Crippen LogP contribution in [0.25, 0.3) is 0 Å². The highest BCUT2D eigenvalue weighted by molar-refractivity contribution is 5.28. The molecule has 2 aromatic rings. The van der Waals surface area contributed by atoms with Gasteiger partial charge in [-0.25, -0.2) is 8.78 Å². The normalized spacial score (nSPS) is 14.1. The van der Waals surface area contributed by atoms with E-state index in [0.717, 1.165) is 17.4 Å². The summed E-state index contributed by atoms with van der Waals surface area (Å²) in [7, 11) is 1.59. The van der Waals surface area contributed by atoms with E-state index in [2.05, 4.69) is 11.0 Å². The molecule has 0 aliphatic heterocycles. The second kappa shape index (κ2) is 8.73. The number of aliphatic hydroxyl groups is 1. The number of methoxy groups -OCH3 is 1. The van der Waals surface area contributed by atoms with Crippen molar-refractivity contribution in [3.63, 3.8) is 0 Å². The van der Waals surface area contributed by atoms with Gasteiger partial charge in [0.2, 0.25) is 0 Å². The number of hydrogen-bond donors (Lipinski definition) is 3. The van der Waals surface area contributed by atoms with E-state index in [4.69, 9.17) is 6.15 Å². The molecule has 2 aromatic carbocycles.